The van der Waals surface area contributed by atoms with E-state index >= 15 is 0 Å². The maximum Gasteiger partial charge on any atom is 0.205 e. The summed E-state index contributed by atoms with van der Waals surface area (Å²) >= 11 is 6.41. The van der Waals surface area contributed by atoms with Crippen LogP contribution in [0.5, 0.6) is 0 Å². The fourth-order valence-electron chi connectivity index (χ4n) is 4.69. The Morgan fingerprint density at radius 3 is 2.62 bits per heavy atom. The lowest BCUT2D eigenvalue weighted by molar-refractivity contribution is 0.271. The minimum absolute atomic E-state index is 0.152. The number of aromatic amines is 1. The van der Waals surface area contributed by atoms with E-state index in [9.17, 15) is 5.11 Å². The number of allylic oxidation sites excluding steroid dienone is 4. The van der Waals surface area contributed by atoms with Gasteiger partial charge in [-0.3, -0.25) is 0 Å². The zero-order chi connectivity index (χ0) is 27.8. The zero-order valence-electron chi connectivity index (χ0n) is 23.2. The van der Waals surface area contributed by atoms with E-state index in [2.05, 4.69) is 101 Å². The second kappa shape index (κ2) is 13.5. The number of aryl methyl sites for hydroxylation is 1. The van der Waals surface area contributed by atoms with Crippen LogP contribution in [-0.4, -0.2) is 35.3 Å². The maximum absolute atomic E-state index is 10.0. The van der Waals surface area contributed by atoms with Gasteiger partial charge in [0.25, 0.3) is 0 Å². The van der Waals surface area contributed by atoms with Crippen LogP contribution in [0.3, 0.4) is 0 Å². The van der Waals surface area contributed by atoms with Crippen LogP contribution in [0.25, 0.3) is 22.5 Å². The summed E-state index contributed by atoms with van der Waals surface area (Å²) in [6, 6.07) is 15.0. The lowest BCUT2D eigenvalue weighted by atomic mass is 9.91. The summed E-state index contributed by atoms with van der Waals surface area (Å²) in [6.45, 7) is 9.01. The first-order chi connectivity index (χ1) is 18.9. The first kappa shape index (κ1) is 28.5. The molecule has 0 saturated heterocycles. The number of rotatable bonds is 12. The van der Waals surface area contributed by atoms with Crippen molar-refractivity contribution in [3.05, 3.63) is 94.1 Å². The molecule has 0 spiro atoms. The van der Waals surface area contributed by atoms with Crippen molar-refractivity contribution in [1.82, 2.24) is 30.2 Å². The van der Waals surface area contributed by atoms with Crippen molar-refractivity contribution in [2.75, 3.05) is 0 Å². The topological polar surface area (TPSA) is 92.5 Å². The molecule has 2 aromatic heterocycles. The SMILES string of the molecule is C/C=C/C=C(/C)CCCc1nc(Cl)c(CO)n1Cc1ccc(-c2ccc(C(C)CC)cc2-c2nn[nH]n2)cc1. The van der Waals surface area contributed by atoms with Crippen LogP contribution in [0.2, 0.25) is 5.15 Å². The molecule has 4 rings (SSSR count). The Kier molecular flexibility index (Phi) is 9.85. The van der Waals surface area contributed by atoms with Crippen molar-refractivity contribution in [2.45, 2.75) is 72.4 Å². The van der Waals surface area contributed by atoms with Crippen molar-refractivity contribution >= 4 is 11.6 Å². The fourth-order valence-corrected chi connectivity index (χ4v) is 4.95. The maximum atomic E-state index is 10.0. The molecule has 2 N–H and O–H groups in total. The molecule has 39 heavy (non-hydrogen) atoms. The number of tetrazole rings is 1. The zero-order valence-corrected chi connectivity index (χ0v) is 23.9. The quantitative estimate of drug-likeness (QED) is 0.183. The number of hydrogen-bond acceptors (Lipinski definition) is 5. The van der Waals surface area contributed by atoms with Crippen molar-refractivity contribution in [3.8, 4) is 22.5 Å². The Bertz CT molecular complexity index is 1420. The number of nitrogens with zero attached hydrogens (tertiary/aromatic N) is 5. The van der Waals surface area contributed by atoms with Crippen LogP contribution in [0.15, 0.2) is 66.3 Å². The number of aliphatic hydroxyl groups excluding tert-OH is 1. The first-order valence-corrected chi connectivity index (χ1v) is 13.9. The molecule has 2 heterocycles. The van der Waals surface area contributed by atoms with E-state index in [1.54, 1.807) is 0 Å². The molecule has 0 bridgehead atoms. The van der Waals surface area contributed by atoms with E-state index in [1.165, 1.54) is 11.1 Å². The minimum Gasteiger partial charge on any atom is -0.390 e. The second-order valence-electron chi connectivity index (χ2n) is 9.95. The van der Waals surface area contributed by atoms with Gasteiger partial charge in [0, 0.05) is 18.5 Å². The van der Waals surface area contributed by atoms with Gasteiger partial charge in [0.2, 0.25) is 5.82 Å². The lowest BCUT2D eigenvalue weighted by Crippen LogP contribution is -2.09. The highest BCUT2D eigenvalue weighted by Gasteiger charge is 2.17. The molecule has 0 aliphatic rings. The van der Waals surface area contributed by atoms with Crippen LogP contribution in [-0.2, 0) is 19.6 Å². The monoisotopic (exact) mass is 544 g/mol. The molecule has 4 aromatic rings. The standard InChI is InChI=1S/C31H37ClN6O/c1-5-7-9-21(3)10-8-11-29-33-30(32)28(20-39)38(29)19-23-12-14-24(15-13-23)26-17-16-25(22(4)6-2)18-27(26)31-34-36-37-35-31/h5,7,9,12-18,22,39H,6,8,10-11,19-20H2,1-4H3,(H,34,35,36,37)/b7-5+,21-9-. The summed E-state index contributed by atoms with van der Waals surface area (Å²) in [6.07, 6.45) is 10.0. The number of aromatic nitrogens is 6. The summed E-state index contributed by atoms with van der Waals surface area (Å²) in [5, 5.41) is 25.2. The van der Waals surface area contributed by atoms with Crippen LogP contribution < -0.4 is 0 Å². The van der Waals surface area contributed by atoms with Crippen LogP contribution >= 0.6 is 11.6 Å². The van der Waals surface area contributed by atoms with Crippen molar-refractivity contribution in [3.63, 3.8) is 0 Å². The molecular weight excluding hydrogens is 508 g/mol. The van der Waals surface area contributed by atoms with Crippen molar-refractivity contribution in [2.24, 2.45) is 0 Å². The van der Waals surface area contributed by atoms with Crippen LogP contribution in [0.4, 0.5) is 0 Å². The molecule has 1 atom stereocenters. The predicted molar refractivity (Wildman–Crippen MR) is 158 cm³/mol. The van der Waals surface area contributed by atoms with Gasteiger partial charge in [-0.15, -0.1) is 10.2 Å². The summed E-state index contributed by atoms with van der Waals surface area (Å²) in [5.41, 5.74) is 7.42. The Labute approximate surface area is 235 Å². The van der Waals surface area contributed by atoms with Gasteiger partial charge < -0.3 is 9.67 Å². The van der Waals surface area contributed by atoms with E-state index in [0.717, 1.165) is 53.8 Å². The number of benzene rings is 2. The molecule has 0 fully saturated rings. The Morgan fingerprint density at radius 1 is 1.15 bits per heavy atom. The fraction of sp³-hybridized carbons (Fsp3) is 0.355. The number of H-pyrrole nitrogens is 1. The number of halogens is 1. The normalized spacial score (nSPS) is 12.9. The molecular formula is C31H37ClN6O. The smallest absolute Gasteiger partial charge is 0.205 e. The Morgan fingerprint density at radius 2 is 1.95 bits per heavy atom. The summed E-state index contributed by atoms with van der Waals surface area (Å²) in [5.74, 6) is 1.92. The molecule has 1 unspecified atom stereocenters. The number of imidazole rings is 1. The van der Waals surface area contributed by atoms with Gasteiger partial charge in [0.1, 0.15) is 5.82 Å². The summed E-state index contributed by atoms with van der Waals surface area (Å²) < 4.78 is 2.05. The molecule has 8 heteroatoms. The minimum atomic E-state index is -0.152. The molecule has 0 radical (unpaired) electrons. The number of aliphatic hydroxyl groups is 1. The average molecular weight is 545 g/mol. The molecule has 204 valence electrons. The van der Waals surface area contributed by atoms with Gasteiger partial charge in [-0.25, -0.2) is 4.98 Å². The van der Waals surface area contributed by atoms with Crippen LogP contribution in [0, 0.1) is 0 Å². The Balaban J connectivity index is 1.57. The molecule has 7 nitrogen and oxygen atoms in total. The average Bonchev–Trinajstić information content (AvgIpc) is 3.59. The molecule has 2 aromatic carbocycles. The highest BCUT2D eigenvalue weighted by atomic mass is 35.5. The molecule has 0 amide bonds. The highest BCUT2D eigenvalue weighted by molar-refractivity contribution is 6.30. The largest absolute Gasteiger partial charge is 0.390 e. The lowest BCUT2D eigenvalue weighted by Gasteiger charge is -2.15. The summed E-state index contributed by atoms with van der Waals surface area (Å²) in [4.78, 5) is 4.58. The number of hydrogen-bond donors (Lipinski definition) is 2. The van der Waals surface area contributed by atoms with Gasteiger partial charge in [-0.1, -0.05) is 85.6 Å². The summed E-state index contributed by atoms with van der Waals surface area (Å²) in [7, 11) is 0. The molecule has 0 saturated carbocycles. The van der Waals surface area contributed by atoms with E-state index in [4.69, 9.17) is 11.6 Å². The third kappa shape index (κ3) is 6.91. The number of nitrogens with one attached hydrogen (secondary N) is 1. The van der Waals surface area contributed by atoms with E-state index < -0.39 is 0 Å². The predicted octanol–water partition coefficient (Wildman–Crippen LogP) is 7.28. The molecule has 0 aliphatic carbocycles. The van der Waals surface area contributed by atoms with Crippen molar-refractivity contribution < 1.29 is 5.11 Å². The molecule has 0 aliphatic heterocycles. The van der Waals surface area contributed by atoms with Gasteiger partial charge in [-0.2, -0.15) is 5.21 Å². The van der Waals surface area contributed by atoms with Crippen LogP contribution in [0.1, 0.15) is 75.5 Å². The Hall–Kier alpha value is -3.55. The third-order valence-corrected chi connectivity index (χ3v) is 7.52. The second-order valence-corrected chi connectivity index (χ2v) is 10.3. The van der Waals surface area contributed by atoms with Gasteiger partial charge >= 0.3 is 0 Å². The first-order valence-electron chi connectivity index (χ1n) is 13.5. The van der Waals surface area contributed by atoms with Crippen molar-refractivity contribution in [1.29, 1.82) is 0 Å². The van der Waals surface area contributed by atoms with Gasteiger partial charge in [0.15, 0.2) is 5.15 Å². The van der Waals surface area contributed by atoms with Gasteiger partial charge in [0.05, 0.1) is 12.3 Å². The third-order valence-electron chi connectivity index (χ3n) is 7.21. The highest BCUT2D eigenvalue weighted by Crippen LogP contribution is 2.34. The van der Waals surface area contributed by atoms with Gasteiger partial charge in [-0.05, 0) is 72.6 Å². The van der Waals surface area contributed by atoms with E-state index in [-0.39, 0.29) is 6.61 Å². The van der Waals surface area contributed by atoms with E-state index in [0.29, 0.717) is 29.1 Å². The van der Waals surface area contributed by atoms with E-state index in [1.807, 2.05) is 17.6 Å².